The molecule has 0 aliphatic heterocycles. The lowest BCUT2D eigenvalue weighted by Crippen LogP contribution is -2.19. The molecule has 4 heteroatoms. The van der Waals surface area contributed by atoms with E-state index in [1.54, 1.807) is 12.5 Å². The van der Waals surface area contributed by atoms with Gasteiger partial charge in [-0.1, -0.05) is 24.3 Å². The number of hydrogen-bond donors (Lipinski definition) is 1. The molecule has 0 bridgehead atoms. The van der Waals surface area contributed by atoms with E-state index < -0.39 is 0 Å². The fourth-order valence-electron chi connectivity index (χ4n) is 2.53. The van der Waals surface area contributed by atoms with Crippen molar-refractivity contribution in [2.75, 3.05) is 19.0 Å². The summed E-state index contributed by atoms with van der Waals surface area (Å²) in [7, 11) is 4.00. The topological polar surface area (TPSA) is 41.3 Å². The van der Waals surface area contributed by atoms with E-state index in [1.807, 2.05) is 13.1 Å². The number of benzene rings is 1. The minimum atomic E-state index is 0.761. The predicted octanol–water partition coefficient (Wildman–Crippen LogP) is 3.18. The van der Waals surface area contributed by atoms with E-state index in [1.165, 1.54) is 10.8 Å². The van der Waals surface area contributed by atoms with E-state index in [4.69, 9.17) is 9.40 Å². The number of anilines is 1. The van der Waals surface area contributed by atoms with Gasteiger partial charge in [0, 0.05) is 31.1 Å². The molecular weight excluding hydrogens is 262 g/mol. The highest BCUT2D eigenvalue weighted by Gasteiger charge is 2.11. The quantitative estimate of drug-likeness (QED) is 0.780. The molecule has 0 radical (unpaired) electrons. The minimum Gasteiger partial charge on any atom is -0.472 e. The first kappa shape index (κ1) is 13.6. The molecule has 3 aromatic rings. The van der Waals surface area contributed by atoms with Crippen molar-refractivity contribution in [3.05, 3.63) is 60.2 Å². The Kier molecular flexibility index (Phi) is 3.88. The summed E-state index contributed by atoms with van der Waals surface area (Å²) in [6, 6.07) is 12.5. The summed E-state index contributed by atoms with van der Waals surface area (Å²) >= 11 is 0. The zero-order valence-corrected chi connectivity index (χ0v) is 12.3. The maximum Gasteiger partial charge on any atom is 0.136 e. The van der Waals surface area contributed by atoms with Gasteiger partial charge in [0.1, 0.15) is 5.82 Å². The van der Waals surface area contributed by atoms with Crippen molar-refractivity contribution in [3.8, 4) is 0 Å². The zero-order chi connectivity index (χ0) is 14.7. The van der Waals surface area contributed by atoms with Gasteiger partial charge < -0.3 is 14.6 Å². The minimum absolute atomic E-state index is 0.761. The standard InChI is InChI=1S/C17H19N3O/c1-18-10-15-9-14-5-3-4-6-16(14)17(19-15)20(2)11-13-7-8-21-12-13/h3-9,12,18H,10-11H2,1-2H3. The summed E-state index contributed by atoms with van der Waals surface area (Å²) in [5, 5.41) is 5.55. The molecule has 1 N–H and O–H groups in total. The number of hydrogen-bond acceptors (Lipinski definition) is 4. The average molecular weight is 281 g/mol. The first-order chi connectivity index (χ1) is 10.3. The largest absolute Gasteiger partial charge is 0.472 e. The monoisotopic (exact) mass is 281 g/mol. The summed E-state index contributed by atoms with van der Waals surface area (Å²) in [6.07, 6.45) is 3.47. The van der Waals surface area contributed by atoms with E-state index in [-0.39, 0.29) is 0 Å². The molecule has 0 fully saturated rings. The Morgan fingerprint density at radius 3 is 2.86 bits per heavy atom. The van der Waals surface area contributed by atoms with Gasteiger partial charge in [-0.05, 0) is 24.6 Å². The van der Waals surface area contributed by atoms with E-state index in [0.717, 1.165) is 30.2 Å². The van der Waals surface area contributed by atoms with Crippen LogP contribution in [0.3, 0.4) is 0 Å². The van der Waals surface area contributed by atoms with Crippen LogP contribution in [-0.2, 0) is 13.1 Å². The van der Waals surface area contributed by atoms with Crippen molar-refractivity contribution < 1.29 is 4.42 Å². The first-order valence-electron chi connectivity index (χ1n) is 7.03. The number of pyridine rings is 1. The molecule has 2 heterocycles. The van der Waals surface area contributed by atoms with Gasteiger partial charge in [-0.3, -0.25) is 0 Å². The Hall–Kier alpha value is -2.33. The maximum absolute atomic E-state index is 5.14. The van der Waals surface area contributed by atoms with Crippen LogP contribution in [0.4, 0.5) is 5.82 Å². The van der Waals surface area contributed by atoms with Crippen LogP contribution in [0.2, 0.25) is 0 Å². The van der Waals surface area contributed by atoms with Gasteiger partial charge in [0.15, 0.2) is 0 Å². The van der Waals surface area contributed by atoms with Crippen molar-refractivity contribution in [3.63, 3.8) is 0 Å². The normalized spacial score (nSPS) is 11.0. The Bertz CT molecular complexity index is 722. The molecule has 0 aliphatic rings. The van der Waals surface area contributed by atoms with E-state index in [9.17, 15) is 0 Å². The van der Waals surface area contributed by atoms with E-state index >= 15 is 0 Å². The number of nitrogens with one attached hydrogen (secondary N) is 1. The summed E-state index contributed by atoms with van der Waals surface area (Å²) in [5.74, 6) is 1.000. The molecule has 0 amide bonds. The van der Waals surface area contributed by atoms with Gasteiger partial charge in [0.25, 0.3) is 0 Å². The van der Waals surface area contributed by atoms with Crippen LogP contribution in [0.5, 0.6) is 0 Å². The molecule has 0 unspecified atom stereocenters. The van der Waals surface area contributed by atoms with Crippen LogP contribution in [0.25, 0.3) is 10.8 Å². The second kappa shape index (κ2) is 5.97. The summed E-state index contributed by atoms with van der Waals surface area (Å²) in [5.41, 5.74) is 2.19. The Morgan fingerprint density at radius 1 is 1.24 bits per heavy atom. The molecule has 2 aromatic heterocycles. The van der Waals surface area contributed by atoms with Crippen LogP contribution in [-0.4, -0.2) is 19.1 Å². The summed E-state index contributed by atoms with van der Waals surface area (Å²) in [6.45, 7) is 1.54. The lowest BCUT2D eigenvalue weighted by molar-refractivity contribution is 0.563. The van der Waals surface area contributed by atoms with Crippen LogP contribution < -0.4 is 10.2 Å². The number of fused-ring (bicyclic) bond motifs is 1. The molecule has 108 valence electrons. The summed E-state index contributed by atoms with van der Waals surface area (Å²) in [4.78, 5) is 6.96. The second-order valence-corrected chi connectivity index (χ2v) is 5.18. The molecule has 4 nitrogen and oxygen atoms in total. The zero-order valence-electron chi connectivity index (χ0n) is 12.3. The first-order valence-corrected chi connectivity index (χ1v) is 7.03. The average Bonchev–Trinajstić information content (AvgIpc) is 2.99. The molecule has 0 atom stereocenters. The predicted molar refractivity (Wildman–Crippen MR) is 85.3 cm³/mol. The molecule has 21 heavy (non-hydrogen) atoms. The van der Waals surface area contributed by atoms with Gasteiger partial charge in [-0.2, -0.15) is 0 Å². The summed E-state index contributed by atoms with van der Waals surface area (Å²) < 4.78 is 5.14. The molecule has 0 aliphatic carbocycles. The van der Waals surface area contributed by atoms with Crippen molar-refractivity contribution in [1.82, 2.24) is 10.3 Å². The van der Waals surface area contributed by atoms with Crippen molar-refractivity contribution in [2.45, 2.75) is 13.1 Å². The fourth-order valence-corrected chi connectivity index (χ4v) is 2.53. The lowest BCUT2D eigenvalue weighted by Gasteiger charge is -2.20. The van der Waals surface area contributed by atoms with Crippen molar-refractivity contribution >= 4 is 16.6 Å². The van der Waals surface area contributed by atoms with E-state index in [2.05, 4.69) is 47.6 Å². The number of aromatic nitrogens is 1. The number of rotatable bonds is 5. The SMILES string of the molecule is CNCc1cc2ccccc2c(N(C)Cc2ccoc2)n1. The van der Waals surface area contributed by atoms with Crippen LogP contribution >= 0.6 is 0 Å². The molecule has 1 aromatic carbocycles. The molecule has 0 saturated heterocycles. The molecule has 0 saturated carbocycles. The maximum atomic E-state index is 5.14. The second-order valence-electron chi connectivity index (χ2n) is 5.18. The van der Waals surface area contributed by atoms with Gasteiger partial charge >= 0.3 is 0 Å². The Labute approximate surface area is 124 Å². The molecular formula is C17H19N3O. The molecule has 0 spiro atoms. The van der Waals surface area contributed by atoms with Crippen LogP contribution in [0.15, 0.2) is 53.3 Å². The van der Waals surface area contributed by atoms with Crippen molar-refractivity contribution in [1.29, 1.82) is 0 Å². The third-order valence-electron chi connectivity index (χ3n) is 3.49. The van der Waals surface area contributed by atoms with Gasteiger partial charge in [0.2, 0.25) is 0 Å². The van der Waals surface area contributed by atoms with E-state index in [0.29, 0.717) is 0 Å². The Balaban J connectivity index is 2.02. The van der Waals surface area contributed by atoms with Gasteiger partial charge in [0.05, 0.1) is 18.2 Å². The smallest absolute Gasteiger partial charge is 0.136 e. The third-order valence-corrected chi connectivity index (χ3v) is 3.49. The Morgan fingerprint density at radius 2 is 2.10 bits per heavy atom. The van der Waals surface area contributed by atoms with Gasteiger partial charge in [-0.25, -0.2) is 4.98 Å². The van der Waals surface area contributed by atoms with Gasteiger partial charge in [-0.15, -0.1) is 0 Å². The number of nitrogens with zero attached hydrogens (tertiary/aromatic N) is 2. The van der Waals surface area contributed by atoms with Crippen LogP contribution in [0, 0.1) is 0 Å². The van der Waals surface area contributed by atoms with Crippen molar-refractivity contribution in [2.24, 2.45) is 0 Å². The lowest BCUT2D eigenvalue weighted by atomic mass is 10.1. The third kappa shape index (κ3) is 2.90. The highest BCUT2D eigenvalue weighted by atomic mass is 16.3. The van der Waals surface area contributed by atoms with Crippen LogP contribution in [0.1, 0.15) is 11.3 Å². The number of furan rings is 1. The fraction of sp³-hybridized carbons (Fsp3) is 0.235. The molecule has 3 rings (SSSR count). The highest BCUT2D eigenvalue weighted by molar-refractivity contribution is 5.92. The highest BCUT2D eigenvalue weighted by Crippen LogP contribution is 2.26.